The van der Waals surface area contributed by atoms with Crippen molar-refractivity contribution in [1.82, 2.24) is 9.97 Å². The molecule has 4 nitrogen and oxygen atoms in total. The molecule has 0 amide bonds. The van der Waals surface area contributed by atoms with E-state index in [1.807, 2.05) is 12.1 Å². The molecular formula is C16H13ClN2O2. The van der Waals surface area contributed by atoms with Crippen LogP contribution in [0.4, 0.5) is 0 Å². The average molecular weight is 301 g/mol. The fourth-order valence-electron chi connectivity index (χ4n) is 2.05. The molecule has 0 saturated carbocycles. The molecule has 0 spiro atoms. The number of hydrogen-bond donors (Lipinski definition) is 1. The van der Waals surface area contributed by atoms with Crippen LogP contribution < -0.4 is 4.74 Å². The van der Waals surface area contributed by atoms with Crippen LogP contribution >= 0.6 is 11.6 Å². The van der Waals surface area contributed by atoms with Gasteiger partial charge in [0.1, 0.15) is 5.52 Å². The van der Waals surface area contributed by atoms with Crippen molar-refractivity contribution in [3.8, 4) is 11.6 Å². The molecule has 0 saturated heterocycles. The first-order chi connectivity index (χ1) is 10.1. The second kappa shape index (κ2) is 5.68. The van der Waals surface area contributed by atoms with E-state index in [9.17, 15) is 5.11 Å². The summed E-state index contributed by atoms with van der Waals surface area (Å²) in [5.74, 6) is 0.980. The summed E-state index contributed by atoms with van der Waals surface area (Å²) in [6.45, 7) is 1.69. The largest absolute Gasteiger partial charge is 0.437 e. The van der Waals surface area contributed by atoms with Gasteiger partial charge in [0, 0.05) is 23.8 Å². The van der Waals surface area contributed by atoms with Crippen molar-refractivity contribution in [2.45, 2.75) is 13.0 Å². The fraction of sp³-hybridized carbons (Fsp3) is 0.125. The standard InChI is InChI=1S/C16H13ClN2O2/c1-10(20)11-6-8-18-15(9-11)21-14-5-4-13(17)12-3-2-7-19-16(12)14/h2-10,20H,1H3/t10-/m1/s1. The molecule has 1 N–H and O–H groups in total. The minimum Gasteiger partial charge on any atom is -0.437 e. The quantitative estimate of drug-likeness (QED) is 0.790. The molecule has 0 radical (unpaired) electrons. The SMILES string of the molecule is C[C@@H](O)c1ccnc(Oc2ccc(Cl)c3cccnc23)c1. The number of hydrogen-bond acceptors (Lipinski definition) is 4. The summed E-state index contributed by atoms with van der Waals surface area (Å²) in [5, 5.41) is 11.1. The van der Waals surface area contributed by atoms with Gasteiger partial charge in [-0.25, -0.2) is 4.98 Å². The highest BCUT2D eigenvalue weighted by Gasteiger charge is 2.09. The average Bonchev–Trinajstić information content (AvgIpc) is 2.51. The Labute approximate surface area is 127 Å². The predicted molar refractivity (Wildman–Crippen MR) is 81.7 cm³/mol. The highest BCUT2D eigenvalue weighted by atomic mass is 35.5. The molecule has 3 rings (SSSR count). The number of pyridine rings is 2. The number of aliphatic hydroxyl groups is 1. The first-order valence-corrected chi connectivity index (χ1v) is 6.88. The number of fused-ring (bicyclic) bond motifs is 1. The molecular weight excluding hydrogens is 288 g/mol. The van der Waals surface area contributed by atoms with Crippen molar-refractivity contribution in [1.29, 1.82) is 0 Å². The minimum atomic E-state index is -0.574. The van der Waals surface area contributed by atoms with Gasteiger partial charge in [-0.3, -0.25) is 4.98 Å². The van der Waals surface area contributed by atoms with Crippen LogP contribution in [0, 0.1) is 0 Å². The van der Waals surface area contributed by atoms with E-state index in [0.717, 1.165) is 10.9 Å². The van der Waals surface area contributed by atoms with Crippen molar-refractivity contribution in [3.05, 3.63) is 59.4 Å². The number of ether oxygens (including phenoxy) is 1. The molecule has 2 aromatic heterocycles. The Hall–Kier alpha value is -2.17. The van der Waals surface area contributed by atoms with Crippen LogP contribution in [-0.2, 0) is 0 Å². The molecule has 106 valence electrons. The van der Waals surface area contributed by atoms with Crippen molar-refractivity contribution in [3.63, 3.8) is 0 Å². The molecule has 3 aromatic rings. The van der Waals surface area contributed by atoms with Crippen LogP contribution in [0.2, 0.25) is 5.02 Å². The normalized spacial score (nSPS) is 12.3. The Morgan fingerprint density at radius 2 is 2.00 bits per heavy atom. The molecule has 0 aliphatic carbocycles. The summed E-state index contributed by atoms with van der Waals surface area (Å²) in [7, 11) is 0. The lowest BCUT2D eigenvalue weighted by molar-refractivity contribution is 0.198. The van der Waals surface area contributed by atoms with Gasteiger partial charge in [-0.1, -0.05) is 11.6 Å². The molecule has 21 heavy (non-hydrogen) atoms. The second-order valence-corrected chi connectivity index (χ2v) is 5.06. The molecule has 5 heteroatoms. The van der Waals surface area contributed by atoms with Gasteiger partial charge in [-0.2, -0.15) is 0 Å². The Balaban J connectivity index is 2.02. The lowest BCUT2D eigenvalue weighted by Gasteiger charge is -2.10. The van der Waals surface area contributed by atoms with Crippen molar-refractivity contribution >= 4 is 22.5 Å². The lowest BCUT2D eigenvalue weighted by atomic mass is 10.2. The number of benzene rings is 1. The van der Waals surface area contributed by atoms with Gasteiger partial charge in [0.2, 0.25) is 5.88 Å². The maximum Gasteiger partial charge on any atom is 0.219 e. The monoisotopic (exact) mass is 300 g/mol. The van der Waals surface area contributed by atoms with Gasteiger partial charge >= 0.3 is 0 Å². The van der Waals surface area contributed by atoms with Gasteiger partial charge in [-0.15, -0.1) is 0 Å². The third-order valence-electron chi connectivity index (χ3n) is 3.14. The smallest absolute Gasteiger partial charge is 0.219 e. The summed E-state index contributed by atoms with van der Waals surface area (Å²) in [6.07, 6.45) is 2.71. The molecule has 0 aliphatic rings. The van der Waals surface area contributed by atoms with E-state index < -0.39 is 6.10 Å². The molecule has 1 atom stereocenters. The summed E-state index contributed by atoms with van der Waals surface area (Å²) >= 11 is 6.15. The van der Waals surface area contributed by atoms with Gasteiger partial charge in [0.15, 0.2) is 5.75 Å². The zero-order valence-corrected chi connectivity index (χ0v) is 12.1. The van der Waals surface area contributed by atoms with Crippen LogP contribution in [0.5, 0.6) is 11.6 Å². The van der Waals surface area contributed by atoms with Crippen LogP contribution in [0.3, 0.4) is 0 Å². The zero-order valence-electron chi connectivity index (χ0n) is 11.3. The Bertz CT molecular complexity index is 790. The summed E-state index contributed by atoms with van der Waals surface area (Å²) in [5.41, 5.74) is 1.42. The molecule has 0 unspecified atom stereocenters. The maximum atomic E-state index is 9.61. The lowest BCUT2D eigenvalue weighted by Crippen LogP contribution is -1.95. The van der Waals surface area contributed by atoms with Crippen molar-refractivity contribution in [2.75, 3.05) is 0 Å². The minimum absolute atomic E-state index is 0.405. The van der Waals surface area contributed by atoms with E-state index in [2.05, 4.69) is 9.97 Å². The van der Waals surface area contributed by atoms with Gasteiger partial charge in [0.25, 0.3) is 0 Å². The molecule has 0 fully saturated rings. The first-order valence-electron chi connectivity index (χ1n) is 6.50. The molecule has 0 bridgehead atoms. The number of aromatic nitrogens is 2. The van der Waals surface area contributed by atoms with E-state index >= 15 is 0 Å². The highest BCUT2D eigenvalue weighted by molar-refractivity contribution is 6.35. The third kappa shape index (κ3) is 2.82. The van der Waals surface area contributed by atoms with E-state index in [1.54, 1.807) is 43.6 Å². The number of rotatable bonds is 3. The third-order valence-corrected chi connectivity index (χ3v) is 3.46. The number of halogens is 1. The van der Waals surface area contributed by atoms with Crippen LogP contribution in [0.15, 0.2) is 48.8 Å². The predicted octanol–water partition coefficient (Wildman–Crippen LogP) is 4.13. The Morgan fingerprint density at radius 1 is 1.14 bits per heavy atom. The number of nitrogens with zero attached hydrogens (tertiary/aromatic N) is 2. The molecule has 1 aromatic carbocycles. The second-order valence-electron chi connectivity index (χ2n) is 4.65. The summed E-state index contributed by atoms with van der Waals surface area (Å²) < 4.78 is 5.79. The Kier molecular flexibility index (Phi) is 3.73. The van der Waals surface area contributed by atoms with Crippen LogP contribution in [0.25, 0.3) is 10.9 Å². The highest BCUT2D eigenvalue weighted by Crippen LogP contribution is 2.32. The van der Waals surface area contributed by atoms with E-state index in [4.69, 9.17) is 16.3 Å². The van der Waals surface area contributed by atoms with Gasteiger partial charge in [-0.05, 0) is 42.8 Å². The first kappa shape index (κ1) is 13.8. The van der Waals surface area contributed by atoms with Crippen LogP contribution in [-0.4, -0.2) is 15.1 Å². The van der Waals surface area contributed by atoms with E-state index in [0.29, 0.717) is 22.2 Å². The van der Waals surface area contributed by atoms with Crippen molar-refractivity contribution in [2.24, 2.45) is 0 Å². The van der Waals surface area contributed by atoms with E-state index in [1.165, 1.54) is 0 Å². The topological polar surface area (TPSA) is 55.2 Å². The summed E-state index contributed by atoms with van der Waals surface area (Å²) in [6, 6.07) is 10.7. The van der Waals surface area contributed by atoms with Gasteiger partial charge < -0.3 is 9.84 Å². The zero-order chi connectivity index (χ0) is 14.8. The van der Waals surface area contributed by atoms with E-state index in [-0.39, 0.29) is 0 Å². The van der Waals surface area contributed by atoms with Crippen LogP contribution in [0.1, 0.15) is 18.6 Å². The molecule has 2 heterocycles. The fourth-order valence-corrected chi connectivity index (χ4v) is 2.26. The Morgan fingerprint density at radius 3 is 2.81 bits per heavy atom. The molecule has 0 aliphatic heterocycles. The van der Waals surface area contributed by atoms with Gasteiger partial charge in [0.05, 0.1) is 11.1 Å². The number of aliphatic hydroxyl groups excluding tert-OH is 1. The maximum absolute atomic E-state index is 9.61. The summed E-state index contributed by atoms with van der Waals surface area (Å²) in [4.78, 5) is 8.46. The van der Waals surface area contributed by atoms with Crippen molar-refractivity contribution < 1.29 is 9.84 Å².